The zero-order valence-electron chi connectivity index (χ0n) is 16.1. The van der Waals surface area contributed by atoms with Crippen molar-refractivity contribution in [1.82, 2.24) is 9.78 Å². The number of benzene rings is 2. The van der Waals surface area contributed by atoms with Crippen molar-refractivity contribution in [3.63, 3.8) is 0 Å². The van der Waals surface area contributed by atoms with Gasteiger partial charge < -0.3 is 10.6 Å². The van der Waals surface area contributed by atoms with Gasteiger partial charge in [0.1, 0.15) is 5.82 Å². The molecule has 150 valence electrons. The Morgan fingerprint density at radius 1 is 1.10 bits per heavy atom. The molecule has 0 aliphatic rings. The molecule has 0 saturated carbocycles. The average Bonchev–Trinajstić information content (AvgIpc) is 3.14. The lowest BCUT2D eigenvalue weighted by Gasteiger charge is -2.13. The van der Waals surface area contributed by atoms with Crippen LogP contribution in [0, 0.1) is 12.7 Å². The Morgan fingerprint density at radius 3 is 2.55 bits per heavy atom. The number of hydrogen-bond donors (Lipinski definition) is 2. The highest BCUT2D eigenvalue weighted by Gasteiger charge is 2.16. The van der Waals surface area contributed by atoms with Crippen LogP contribution in [0.5, 0.6) is 0 Å². The first kappa shape index (κ1) is 20.6. The van der Waals surface area contributed by atoms with E-state index in [2.05, 4.69) is 15.7 Å². The number of nitrogens with zero attached hydrogens (tertiary/aromatic N) is 2. The number of hydrogen-bond acceptors (Lipinski definition) is 4. The van der Waals surface area contributed by atoms with Crippen LogP contribution in [0.25, 0.3) is 5.69 Å². The van der Waals surface area contributed by atoms with Gasteiger partial charge in [0.25, 0.3) is 0 Å². The smallest absolute Gasteiger partial charge is 0.237 e. The number of anilines is 2. The van der Waals surface area contributed by atoms with E-state index in [1.165, 1.54) is 36.0 Å². The summed E-state index contributed by atoms with van der Waals surface area (Å²) in [6.45, 7) is 3.70. The Balaban J connectivity index is 1.52. The van der Waals surface area contributed by atoms with Crippen LogP contribution in [0.15, 0.2) is 60.8 Å². The van der Waals surface area contributed by atoms with Crippen LogP contribution in [0.4, 0.5) is 15.8 Å². The van der Waals surface area contributed by atoms with Crippen LogP contribution in [-0.2, 0) is 9.59 Å². The van der Waals surface area contributed by atoms with Crippen LogP contribution in [0.2, 0.25) is 0 Å². The van der Waals surface area contributed by atoms with E-state index in [1.54, 1.807) is 23.9 Å². The van der Waals surface area contributed by atoms with Gasteiger partial charge in [-0.05, 0) is 62.4 Å². The molecule has 8 heteroatoms. The molecule has 6 nitrogen and oxygen atoms in total. The van der Waals surface area contributed by atoms with Gasteiger partial charge in [-0.15, -0.1) is 11.8 Å². The standard InChI is InChI=1S/C21H21FN4O2S/c1-14-10-11-23-26(14)19-5-3-4-18(12-19)25-21(28)15(2)29-13-20(27)24-17-8-6-16(22)7-9-17/h3-12,15H,13H2,1-2H3,(H,24,27)(H,25,28). The third-order valence-electron chi connectivity index (χ3n) is 4.15. The van der Waals surface area contributed by atoms with Gasteiger partial charge in [0, 0.05) is 23.3 Å². The molecule has 0 radical (unpaired) electrons. The van der Waals surface area contributed by atoms with E-state index in [4.69, 9.17) is 0 Å². The molecule has 29 heavy (non-hydrogen) atoms. The number of aryl methyl sites for hydroxylation is 1. The van der Waals surface area contributed by atoms with Crippen LogP contribution < -0.4 is 10.6 Å². The van der Waals surface area contributed by atoms with Crippen LogP contribution in [0.1, 0.15) is 12.6 Å². The largest absolute Gasteiger partial charge is 0.325 e. The van der Waals surface area contributed by atoms with Crippen molar-refractivity contribution in [3.05, 3.63) is 72.3 Å². The molecule has 1 aromatic heterocycles. The maximum atomic E-state index is 12.9. The first-order valence-corrected chi connectivity index (χ1v) is 10.1. The summed E-state index contributed by atoms with van der Waals surface area (Å²) in [7, 11) is 0. The summed E-state index contributed by atoms with van der Waals surface area (Å²) in [5, 5.41) is 9.38. The summed E-state index contributed by atoms with van der Waals surface area (Å²) >= 11 is 1.22. The maximum Gasteiger partial charge on any atom is 0.237 e. The molecule has 1 atom stereocenters. The second kappa shape index (κ2) is 9.38. The van der Waals surface area contributed by atoms with Crippen molar-refractivity contribution in [2.45, 2.75) is 19.1 Å². The van der Waals surface area contributed by atoms with E-state index in [1.807, 2.05) is 31.2 Å². The molecule has 3 aromatic rings. The third-order valence-corrected chi connectivity index (χ3v) is 5.29. The number of carbonyl (C=O) groups is 2. The first-order chi connectivity index (χ1) is 13.9. The normalized spacial score (nSPS) is 11.7. The lowest BCUT2D eigenvalue weighted by atomic mass is 10.2. The van der Waals surface area contributed by atoms with E-state index >= 15 is 0 Å². The predicted molar refractivity (Wildman–Crippen MR) is 114 cm³/mol. The van der Waals surface area contributed by atoms with Gasteiger partial charge in [0.15, 0.2) is 0 Å². The van der Waals surface area contributed by atoms with Crippen LogP contribution in [-0.4, -0.2) is 32.6 Å². The molecule has 0 aliphatic heterocycles. The van der Waals surface area contributed by atoms with Gasteiger partial charge in [-0.1, -0.05) is 6.07 Å². The van der Waals surface area contributed by atoms with Gasteiger partial charge in [0.2, 0.25) is 11.8 Å². The molecule has 0 fully saturated rings. The zero-order valence-corrected chi connectivity index (χ0v) is 16.9. The number of amides is 2. The molecular weight excluding hydrogens is 391 g/mol. The fraction of sp³-hybridized carbons (Fsp3) is 0.190. The van der Waals surface area contributed by atoms with Crippen LogP contribution in [0.3, 0.4) is 0 Å². The van der Waals surface area contributed by atoms with Crippen molar-refractivity contribution in [2.24, 2.45) is 0 Å². The maximum absolute atomic E-state index is 12.9. The van der Waals surface area contributed by atoms with Crippen molar-refractivity contribution < 1.29 is 14.0 Å². The van der Waals surface area contributed by atoms with Gasteiger partial charge in [-0.3, -0.25) is 9.59 Å². The highest BCUT2D eigenvalue weighted by molar-refractivity contribution is 8.01. The first-order valence-electron chi connectivity index (χ1n) is 9.01. The second-order valence-electron chi connectivity index (χ2n) is 6.43. The Labute approximate surface area is 172 Å². The molecule has 2 aromatic carbocycles. The van der Waals surface area contributed by atoms with E-state index < -0.39 is 5.25 Å². The summed E-state index contributed by atoms with van der Waals surface area (Å²) in [6, 6.07) is 14.8. The molecule has 0 saturated heterocycles. The lowest BCUT2D eigenvalue weighted by Crippen LogP contribution is -2.25. The minimum absolute atomic E-state index is 0.110. The molecule has 0 bridgehead atoms. The van der Waals surface area contributed by atoms with Crippen molar-refractivity contribution in [3.8, 4) is 5.69 Å². The minimum atomic E-state index is -0.427. The summed E-state index contributed by atoms with van der Waals surface area (Å²) in [5.41, 5.74) is 3.01. The van der Waals surface area contributed by atoms with Crippen molar-refractivity contribution >= 4 is 35.0 Å². The Hall–Kier alpha value is -3.13. The quantitative estimate of drug-likeness (QED) is 0.615. The van der Waals surface area contributed by atoms with E-state index in [0.717, 1.165) is 11.4 Å². The predicted octanol–water partition coefficient (Wildman–Crippen LogP) is 4.02. The molecule has 0 aliphatic carbocycles. The SMILES string of the molecule is Cc1ccnn1-c1cccc(NC(=O)C(C)SCC(=O)Nc2ccc(F)cc2)c1. The highest BCUT2D eigenvalue weighted by Crippen LogP contribution is 2.18. The van der Waals surface area contributed by atoms with E-state index in [9.17, 15) is 14.0 Å². The molecule has 2 amide bonds. The summed E-state index contributed by atoms with van der Waals surface area (Å²) in [5.74, 6) is -0.704. The fourth-order valence-corrected chi connectivity index (χ4v) is 3.29. The summed E-state index contributed by atoms with van der Waals surface area (Å²) in [6.07, 6.45) is 1.72. The van der Waals surface area contributed by atoms with Gasteiger partial charge >= 0.3 is 0 Å². The molecule has 1 unspecified atom stereocenters. The van der Waals surface area contributed by atoms with Crippen LogP contribution >= 0.6 is 11.8 Å². The average molecular weight is 412 g/mol. The topological polar surface area (TPSA) is 76.0 Å². The molecule has 0 spiro atoms. The number of thioether (sulfide) groups is 1. The number of aromatic nitrogens is 2. The number of carbonyl (C=O) groups excluding carboxylic acids is 2. The zero-order chi connectivity index (χ0) is 20.8. The van der Waals surface area contributed by atoms with Gasteiger partial charge in [0.05, 0.1) is 16.7 Å². The molecule has 2 N–H and O–H groups in total. The minimum Gasteiger partial charge on any atom is -0.325 e. The number of halogens is 1. The highest BCUT2D eigenvalue weighted by atomic mass is 32.2. The Bertz CT molecular complexity index is 1000. The summed E-state index contributed by atoms with van der Waals surface area (Å²) < 4.78 is 14.7. The molecule has 1 heterocycles. The van der Waals surface area contributed by atoms with Crippen molar-refractivity contribution in [2.75, 3.05) is 16.4 Å². The Morgan fingerprint density at radius 2 is 1.86 bits per heavy atom. The lowest BCUT2D eigenvalue weighted by molar-refractivity contribution is -0.115. The van der Waals surface area contributed by atoms with Gasteiger partial charge in [-0.25, -0.2) is 9.07 Å². The summed E-state index contributed by atoms with van der Waals surface area (Å²) in [4.78, 5) is 24.5. The number of nitrogens with one attached hydrogen (secondary N) is 2. The molecular formula is C21H21FN4O2S. The third kappa shape index (κ3) is 5.68. The fourth-order valence-electron chi connectivity index (χ4n) is 2.61. The monoisotopic (exact) mass is 412 g/mol. The van der Waals surface area contributed by atoms with E-state index in [0.29, 0.717) is 11.4 Å². The molecule has 3 rings (SSSR count). The van der Waals surface area contributed by atoms with Gasteiger partial charge in [-0.2, -0.15) is 5.10 Å². The second-order valence-corrected chi connectivity index (χ2v) is 7.76. The van der Waals surface area contributed by atoms with Crippen molar-refractivity contribution in [1.29, 1.82) is 0 Å². The van der Waals surface area contributed by atoms with E-state index in [-0.39, 0.29) is 23.4 Å². The number of rotatable bonds is 7. The Kier molecular flexibility index (Phi) is 6.66.